The first kappa shape index (κ1) is 13.8. The molecule has 19 heavy (non-hydrogen) atoms. The van der Waals surface area contributed by atoms with E-state index in [0.717, 1.165) is 3.57 Å². The number of halogens is 1. The minimum Gasteiger partial charge on any atom is -0.484 e. The highest BCUT2D eigenvalue weighted by atomic mass is 127. The van der Waals surface area contributed by atoms with Crippen molar-refractivity contribution in [2.24, 2.45) is 0 Å². The molecule has 2 aromatic rings. The van der Waals surface area contributed by atoms with Crippen LogP contribution in [-0.4, -0.2) is 25.8 Å². The highest BCUT2D eigenvalue weighted by molar-refractivity contribution is 14.1. The third-order valence-corrected chi connectivity index (χ3v) is 3.42. The van der Waals surface area contributed by atoms with Crippen LogP contribution in [0, 0.1) is 3.57 Å². The van der Waals surface area contributed by atoms with E-state index >= 15 is 0 Å². The van der Waals surface area contributed by atoms with Crippen molar-refractivity contribution in [1.29, 1.82) is 0 Å². The van der Waals surface area contributed by atoms with E-state index in [1.54, 1.807) is 16.8 Å². The van der Waals surface area contributed by atoms with Crippen LogP contribution < -0.4 is 4.74 Å². The summed E-state index contributed by atoms with van der Waals surface area (Å²) in [5.41, 5.74) is 0.201. The Morgan fingerprint density at radius 1 is 1.53 bits per heavy atom. The van der Waals surface area contributed by atoms with E-state index in [1.807, 2.05) is 6.92 Å². The maximum atomic E-state index is 10.9. The van der Waals surface area contributed by atoms with Gasteiger partial charge in [-0.15, -0.1) is 0 Å². The molecule has 0 fully saturated rings. The van der Waals surface area contributed by atoms with Crippen molar-refractivity contribution < 1.29 is 14.6 Å². The molecule has 1 N–H and O–H groups in total. The summed E-state index contributed by atoms with van der Waals surface area (Å²) < 4.78 is 8.20. The Balaban J connectivity index is 2.15. The van der Waals surface area contributed by atoms with Crippen LogP contribution >= 0.6 is 22.6 Å². The molecule has 0 aliphatic rings. The molecule has 0 amide bonds. The van der Waals surface area contributed by atoms with Crippen molar-refractivity contribution in [3.8, 4) is 5.75 Å². The zero-order chi connectivity index (χ0) is 13.8. The van der Waals surface area contributed by atoms with Gasteiger partial charge in [-0.25, -0.2) is 14.5 Å². The zero-order valence-corrected chi connectivity index (χ0v) is 12.4. The molecule has 0 saturated carbocycles. The highest BCUT2D eigenvalue weighted by Gasteiger charge is 2.10. The predicted octanol–water partition coefficient (Wildman–Crippen LogP) is 2.18. The van der Waals surface area contributed by atoms with Gasteiger partial charge in [-0.1, -0.05) is 0 Å². The van der Waals surface area contributed by atoms with Crippen LogP contribution in [-0.2, 0) is 13.2 Å². The van der Waals surface area contributed by atoms with E-state index < -0.39 is 5.97 Å². The number of carboxylic acid groups (broad SMARTS) is 1. The van der Waals surface area contributed by atoms with Gasteiger partial charge in [0, 0.05) is 6.54 Å². The fraction of sp³-hybridized carbons (Fsp3) is 0.250. The third-order valence-electron chi connectivity index (χ3n) is 2.53. The second-order valence-electron chi connectivity index (χ2n) is 3.73. The van der Waals surface area contributed by atoms with E-state index in [-0.39, 0.29) is 12.2 Å². The highest BCUT2D eigenvalue weighted by Crippen LogP contribution is 2.23. The van der Waals surface area contributed by atoms with Crippen LogP contribution in [0.5, 0.6) is 5.75 Å². The van der Waals surface area contributed by atoms with Crippen molar-refractivity contribution in [1.82, 2.24) is 14.8 Å². The van der Waals surface area contributed by atoms with Crippen LogP contribution in [0.25, 0.3) is 0 Å². The number of aromatic nitrogens is 3. The number of ether oxygens (including phenoxy) is 1. The minimum atomic E-state index is -0.974. The van der Waals surface area contributed by atoms with Gasteiger partial charge in [0.1, 0.15) is 18.7 Å². The lowest BCUT2D eigenvalue weighted by atomic mass is 10.2. The monoisotopic (exact) mass is 373 g/mol. The maximum absolute atomic E-state index is 10.9. The second-order valence-corrected chi connectivity index (χ2v) is 4.89. The van der Waals surface area contributed by atoms with E-state index in [1.165, 1.54) is 12.4 Å². The summed E-state index contributed by atoms with van der Waals surface area (Å²) in [6.07, 6.45) is 1.47. The smallest absolute Gasteiger partial charge is 0.335 e. The number of aryl methyl sites for hydroxylation is 1. The molecule has 0 bridgehead atoms. The number of hydrogen-bond acceptors (Lipinski definition) is 4. The van der Waals surface area contributed by atoms with E-state index in [9.17, 15) is 4.79 Å². The first-order valence-electron chi connectivity index (χ1n) is 5.64. The first-order chi connectivity index (χ1) is 9.11. The van der Waals surface area contributed by atoms with Gasteiger partial charge in [0.25, 0.3) is 0 Å². The normalized spacial score (nSPS) is 10.4. The Kier molecular flexibility index (Phi) is 4.35. The van der Waals surface area contributed by atoms with Crippen LogP contribution in [0.2, 0.25) is 0 Å². The standard InChI is InChI=1S/C12H12IN3O3/c1-2-16-11(14-7-15-16)6-19-10-5-8(12(17)18)3-4-9(10)13/h3-5,7H,2,6H2,1H3,(H,17,18). The molecule has 0 atom stereocenters. The molecule has 0 spiro atoms. The van der Waals surface area contributed by atoms with Crippen LogP contribution in [0.1, 0.15) is 23.1 Å². The SMILES string of the molecule is CCn1ncnc1COc1cc(C(=O)O)ccc1I. The average molecular weight is 373 g/mol. The minimum absolute atomic E-state index is 0.201. The van der Waals surface area contributed by atoms with Crippen LogP contribution in [0.4, 0.5) is 0 Å². The Bertz CT molecular complexity index is 598. The number of carboxylic acids is 1. The molecule has 100 valence electrons. The molecule has 6 nitrogen and oxygen atoms in total. The van der Waals surface area contributed by atoms with Crippen molar-refractivity contribution in [3.05, 3.63) is 39.5 Å². The lowest BCUT2D eigenvalue weighted by molar-refractivity contribution is 0.0696. The zero-order valence-electron chi connectivity index (χ0n) is 10.2. The number of hydrogen-bond donors (Lipinski definition) is 1. The summed E-state index contributed by atoms with van der Waals surface area (Å²) in [5, 5.41) is 13.0. The predicted molar refractivity (Wildman–Crippen MR) is 76.1 cm³/mol. The maximum Gasteiger partial charge on any atom is 0.335 e. The van der Waals surface area contributed by atoms with Crippen molar-refractivity contribution in [2.75, 3.05) is 0 Å². The molecular formula is C12H12IN3O3. The molecule has 0 saturated heterocycles. The first-order valence-corrected chi connectivity index (χ1v) is 6.72. The summed E-state index contributed by atoms with van der Waals surface area (Å²) in [7, 11) is 0. The summed E-state index contributed by atoms with van der Waals surface area (Å²) in [6.45, 7) is 2.94. The second kappa shape index (κ2) is 6.00. The number of benzene rings is 1. The summed E-state index contributed by atoms with van der Waals surface area (Å²) in [4.78, 5) is 15.0. The fourth-order valence-corrected chi connectivity index (χ4v) is 2.04. The lowest BCUT2D eigenvalue weighted by Gasteiger charge is -2.09. The Hall–Kier alpha value is -1.64. The van der Waals surface area contributed by atoms with Gasteiger partial charge in [0.2, 0.25) is 0 Å². The van der Waals surface area contributed by atoms with Crippen LogP contribution in [0.15, 0.2) is 24.5 Å². The number of rotatable bonds is 5. The summed E-state index contributed by atoms with van der Waals surface area (Å²) >= 11 is 2.10. The van der Waals surface area contributed by atoms with Gasteiger partial charge >= 0.3 is 5.97 Å². The molecule has 0 radical (unpaired) electrons. The topological polar surface area (TPSA) is 77.2 Å². The van der Waals surface area contributed by atoms with Crippen molar-refractivity contribution >= 4 is 28.6 Å². The molecule has 1 heterocycles. The van der Waals surface area contributed by atoms with Gasteiger partial charge in [-0.2, -0.15) is 5.10 Å². The molecule has 1 aromatic carbocycles. The summed E-state index contributed by atoms with van der Waals surface area (Å²) in [5.74, 6) is 0.267. The number of aromatic carboxylic acids is 1. The molecule has 0 unspecified atom stereocenters. The van der Waals surface area contributed by atoms with Crippen molar-refractivity contribution in [3.63, 3.8) is 0 Å². The average Bonchev–Trinajstić information content (AvgIpc) is 2.85. The fourth-order valence-electron chi connectivity index (χ4n) is 1.55. The van der Waals surface area contributed by atoms with Gasteiger partial charge in [-0.05, 0) is 47.7 Å². The van der Waals surface area contributed by atoms with Gasteiger partial charge in [-0.3, -0.25) is 0 Å². The molecule has 2 rings (SSSR count). The van der Waals surface area contributed by atoms with Gasteiger partial charge in [0.15, 0.2) is 5.82 Å². The van der Waals surface area contributed by atoms with Crippen LogP contribution in [0.3, 0.4) is 0 Å². The summed E-state index contributed by atoms with van der Waals surface area (Å²) in [6, 6.07) is 4.77. The Labute approximate surface area is 123 Å². The lowest BCUT2D eigenvalue weighted by Crippen LogP contribution is -2.08. The molecule has 1 aromatic heterocycles. The van der Waals surface area contributed by atoms with Crippen molar-refractivity contribution in [2.45, 2.75) is 20.1 Å². The molecule has 0 aliphatic heterocycles. The van der Waals surface area contributed by atoms with E-state index in [4.69, 9.17) is 9.84 Å². The van der Waals surface area contributed by atoms with E-state index in [0.29, 0.717) is 18.1 Å². The number of nitrogens with zero attached hydrogens (tertiary/aromatic N) is 3. The largest absolute Gasteiger partial charge is 0.484 e. The van der Waals surface area contributed by atoms with Gasteiger partial charge < -0.3 is 9.84 Å². The Morgan fingerprint density at radius 3 is 3.00 bits per heavy atom. The van der Waals surface area contributed by atoms with Gasteiger partial charge in [0.05, 0.1) is 9.13 Å². The molecule has 0 aliphatic carbocycles. The Morgan fingerprint density at radius 2 is 2.32 bits per heavy atom. The quantitative estimate of drug-likeness (QED) is 0.814. The molecule has 7 heteroatoms. The third kappa shape index (κ3) is 3.22. The number of carbonyl (C=O) groups is 1. The van der Waals surface area contributed by atoms with E-state index in [2.05, 4.69) is 32.7 Å². The molecular weight excluding hydrogens is 361 g/mol.